The van der Waals surface area contributed by atoms with Gasteiger partial charge in [-0.15, -0.1) is 0 Å². The van der Waals surface area contributed by atoms with Crippen LogP contribution in [-0.4, -0.2) is 30.1 Å². The van der Waals surface area contributed by atoms with Crippen molar-refractivity contribution < 1.29 is 0 Å². The van der Waals surface area contributed by atoms with Crippen LogP contribution in [0, 0.1) is 5.92 Å². The van der Waals surface area contributed by atoms with Crippen LogP contribution >= 0.6 is 0 Å². The Morgan fingerprint density at radius 2 is 2.18 bits per heavy atom. The van der Waals surface area contributed by atoms with Gasteiger partial charge >= 0.3 is 0 Å². The molecule has 1 rings (SSSR count). The minimum Gasteiger partial charge on any atom is -0.329 e. The van der Waals surface area contributed by atoms with E-state index < -0.39 is 0 Å². The monoisotopic (exact) mass is 156 g/mol. The standard InChI is InChI=1S/C9H20N2/c1-7(2)11-5-4-8(3)9(11)6-10/h7-9H,4-6,10H2,1-3H3. The second kappa shape index (κ2) is 3.55. The molecule has 1 saturated heterocycles. The molecule has 0 amide bonds. The summed E-state index contributed by atoms with van der Waals surface area (Å²) in [6, 6.07) is 1.29. The third-order valence-corrected chi connectivity index (χ3v) is 2.83. The van der Waals surface area contributed by atoms with Crippen LogP contribution in [0.5, 0.6) is 0 Å². The van der Waals surface area contributed by atoms with E-state index in [-0.39, 0.29) is 0 Å². The third-order valence-electron chi connectivity index (χ3n) is 2.83. The van der Waals surface area contributed by atoms with E-state index in [1.807, 2.05) is 0 Å². The van der Waals surface area contributed by atoms with Gasteiger partial charge in [0, 0.05) is 18.6 Å². The van der Waals surface area contributed by atoms with E-state index in [4.69, 9.17) is 5.73 Å². The van der Waals surface area contributed by atoms with Gasteiger partial charge in [0.2, 0.25) is 0 Å². The van der Waals surface area contributed by atoms with Crippen molar-refractivity contribution in [3.8, 4) is 0 Å². The van der Waals surface area contributed by atoms with Crippen molar-refractivity contribution in [2.75, 3.05) is 13.1 Å². The Labute approximate surface area is 69.8 Å². The van der Waals surface area contributed by atoms with Gasteiger partial charge in [-0.25, -0.2) is 0 Å². The molecule has 2 nitrogen and oxygen atoms in total. The summed E-state index contributed by atoms with van der Waals surface area (Å²) in [5.74, 6) is 0.794. The maximum atomic E-state index is 5.71. The van der Waals surface area contributed by atoms with Gasteiger partial charge in [0.15, 0.2) is 0 Å². The van der Waals surface area contributed by atoms with Crippen LogP contribution in [0.25, 0.3) is 0 Å². The molecule has 0 bridgehead atoms. The van der Waals surface area contributed by atoms with Gasteiger partial charge in [-0.2, -0.15) is 0 Å². The average Bonchev–Trinajstić information content (AvgIpc) is 2.30. The van der Waals surface area contributed by atoms with E-state index in [1.165, 1.54) is 13.0 Å². The second-order valence-corrected chi connectivity index (χ2v) is 3.90. The smallest absolute Gasteiger partial charge is 0.0247 e. The number of rotatable bonds is 2. The zero-order chi connectivity index (χ0) is 8.43. The van der Waals surface area contributed by atoms with Crippen LogP contribution in [0.1, 0.15) is 27.2 Å². The zero-order valence-corrected chi connectivity index (χ0v) is 7.88. The van der Waals surface area contributed by atoms with Crippen molar-refractivity contribution >= 4 is 0 Å². The van der Waals surface area contributed by atoms with Gasteiger partial charge in [-0.3, -0.25) is 4.90 Å². The molecule has 0 aromatic heterocycles. The molecule has 2 N–H and O–H groups in total. The first-order chi connectivity index (χ1) is 5.16. The highest BCUT2D eigenvalue weighted by Crippen LogP contribution is 2.24. The van der Waals surface area contributed by atoms with E-state index in [9.17, 15) is 0 Å². The number of hydrogen-bond acceptors (Lipinski definition) is 2. The number of nitrogens with two attached hydrogens (primary N) is 1. The molecule has 1 aliphatic rings. The molecule has 0 aromatic carbocycles. The molecule has 2 atom stereocenters. The van der Waals surface area contributed by atoms with E-state index in [2.05, 4.69) is 25.7 Å². The van der Waals surface area contributed by atoms with Gasteiger partial charge in [0.1, 0.15) is 0 Å². The Morgan fingerprint density at radius 3 is 2.55 bits per heavy atom. The second-order valence-electron chi connectivity index (χ2n) is 3.90. The molecule has 11 heavy (non-hydrogen) atoms. The molecular formula is C9H20N2. The lowest BCUT2D eigenvalue weighted by atomic mass is 10.0. The van der Waals surface area contributed by atoms with Gasteiger partial charge in [-0.05, 0) is 32.7 Å². The zero-order valence-electron chi connectivity index (χ0n) is 7.88. The van der Waals surface area contributed by atoms with Crippen molar-refractivity contribution in [3.05, 3.63) is 0 Å². The Bertz CT molecular complexity index is 123. The minimum atomic E-state index is 0.634. The molecule has 0 spiro atoms. The Morgan fingerprint density at radius 1 is 1.55 bits per heavy atom. The quantitative estimate of drug-likeness (QED) is 0.648. The van der Waals surface area contributed by atoms with Crippen LogP contribution in [-0.2, 0) is 0 Å². The van der Waals surface area contributed by atoms with Crippen molar-refractivity contribution in [3.63, 3.8) is 0 Å². The minimum absolute atomic E-state index is 0.634. The molecule has 0 saturated carbocycles. The molecule has 2 heteroatoms. The van der Waals surface area contributed by atoms with Crippen molar-refractivity contribution in [2.24, 2.45) is 11.7 Å². The summed E-state index contributed by atoms with van der Waals surface area (Å²) >= 11 is 0. The summed E-state index contributed by atoms with van der Waals surface area (Å²) < 4.78 is 0. The van der Waals surface area contributed by atoms with Crippen molar-refractivity contribution in [1.29, 1.82) is 0 Å². The molecule has 0 radical (unpaired) electrons. The highest BCUT2D eigenvalue weighted by molar-refractivity contribution is 4.86. The summed E-state index contributed by atoms with van der Waals surface area (Å²) in [4.78, 5) is 2.52. The SMILES string of the molecule is CC1CCN(C(C)C)C1CN. The molecule has 66 valence electrons. The summed E-state index contributed by atoms with van der Waals surface area (Å²) in [5.41, 5.74) is 5.71. The molecule has 1 fully saturated rings. The maximum absolute atomic E-state index is 5.71. The lowest BCUT2D eigenvalue weighted by Gasteiger charge is -2.28. The fourth-order valence-electron chi connectivity index (χ4n) is 2.05. The Kier molecular flexibility index (Phi) is 2.90. The molecule has 1 heterocycles. The molecule has 0 aromatic rings. The van der Waals surface area contributed by atoms with Crippen LogP contribution < -0.4 is 5.73 Å². The molecular weight excluding hydrogens is 136 g/mol. The highest BCUT2D eigenvalue weighted by Gasteiger charge is 2.30. The summed E-state index contributed by atoms with van der Waals surface area (Å²) in [5, 5.41) is 0. The topological polar surface area (TPSA) is 29.3 Å². The maximum Gasteiger partial charge on any atom is 0.0247 e. The summed E-state index contributed by atoms with van der Waals surface area (Å²) in [6.45, 7) is 8.86. The fraction of sp³-hybridized carbons (Fsp3) is 1.00. The molecule has 2 unspecified atom stereocenters. The van der Waals surface area contributed by atoms with Gasteiger partial charge in [0.25, 0.3) is 0 Å². The van der Waals surface area contributed by atoms with Crippen molar-refractivity contribution in [2.45, 2.75) is 39.3 Å². The predicted molar refractivity (Wildman–Crippen MR) is 48.5 cm³/mol. The van der Waals surface area contributed by atoms with Crippen LogP contribution in [0.15, 0.2) is 0 Å². The fourth-order valence-corrected chi connectivity index (χ4v) is 2.05. The first kappa shape index (κ1) is 9.01. The number of likely N-dealkylation sites (tertiary alicyclic amines) is 1. The Hall–Kier alpha value is -0.0800. The molecule has 0 aliphatic carbocycles. The lowest BCUT2D eigenvalue weighted by molar-refractivity contribution is 0.191. The first-order valence-electron chi connectivity index (χ1n) is 4.62. The van der Waals surface area contributed by atoms with Crippen molar-refractivity contribution in [1.82, 2.24) is 4.90 Å². The average molecular weight is 156 g/mol. The van der Waals surface area contributed by atoms with Crippen LogP contribution in [0.2, 0.25) is 0 Å². The summed E-state index contributed by atoms with van der Waals surface area (Å²) in [6.07, 6.45) is 1.32. The molecule has 1 aliphatic heterocycles. The lowest BCUT2D eigenvalue weighted by Crippen LogP contribution is -2.42. The largest absolute Gasteiger partial charge is 0.329 e. The summed E-state index contributed by atoms with van der Waals surface area (Å²) in [7, 11) is 0. The van der Waals surface area contributed by atoms with E-state index >= 15 is 0 Å². The van der Waals surface area contributed by atoms with E-state index in [0.717, 1.165) is 12.5 Å². The van der Waals surface area contributed by atoms with Crippen LogP contribution in [0.3, 0.4) is 0 Å². The van der Waals surface area contributed by atoms with E-state index in [0.29, 0.717) is 12.1 Å². The number of hydrogen-bond donors (Lipinski definition) is 1. The normalized spacial score (nSPS) is 33.5. The predicted octanol–water partition coefficient (Wildman–Crippen LogP) is 1.06. The Balaban J connectivity index is 2.54. The van der Waals surface area contributed by atoms with Gasteiger partial charge in [0.05, 0.1) is 0 Å². The van der Waals surface area contributed by atoms with Gasteiger partial charge < -0.3 is 5.73 Å². The highest BCUT2D eigenvalue weighted by atomic mass is 15.2. The van der Waals surface area contributed by atoms with E-state index in [1.54, 1.807) is 0 Å². The van der Waals surface area contributed by atoms with Gasteiger partial charge in [-0.1, -0.05) is 6.92 Å². The first-order valence-corrected chi connectivity index (χ1v) is 4.62. The number of nitrogens with zero attached hydrogens (tertiary/aromatic N) is 1. The third kappa shape index (κ3) is 1.74. The van der Waals surface area contributed by atoms with Crippen LogP contribution in [0.4, 0.5) is 0 Å².